The molecular formula is C17H15ClFN3O2. The third kappa shape index (κ3) is 3.90. The molecule has 0 aliphatic rings. The summed E-state index contributed by atoms with van der Waals surface area (Å²) >= 11 is 5.73. The summed E-state index contributed by atoms with van der Waals surface area (Å²) in [6, 6.07) is 11.2. The molecule has 3 rings (SSSR count). The molecule has 0 amide bonds. The van der Waals surface area contributed by atoms with Crippen LogP contribution in [-0.2, 0) is 6.42 Å². The monoisotopic (exact) mass is 347 g/mol. The molecule has 0 spiro atoms. The topological polar surface area (TPSA) is 74.2 Å². The molecule has 0 fully saturated rings. The maximum absolute atomic E-state index is 13.1. The molecule has 0 aliphatic carbocycles. The molecule has 3 aromatic rings. The van der Waals surface area contributed by atoms with Crippen LogP contribution in [0.25, 0.3) is 0 Å². The van der Waals surface area contributed by atoms with E-state index >= 15 is 0 Å². The van der Waals surface area contributed by atoms with Crippen molar-refractivity contribution in [2.45, 2.75) is 19.4 Å². The summed E-state index contributed by atoms with van der Waals surface area (Å²) in [5.41, 5.74) is 7.06. The third-order valence-electron chi connectivity index (χ3n) is 3.37. The number of ether oxygens (including phenoxy) is 1. The van der Waals surface area contributed by atoms with Gasteiger partial charge in [0, 0.05) is 6.07 Å². The minimum absolute atomic E-state index is 0.0185. The predicted molar refractivity (Wildman–Crippen MR) is 87.6 cm³/mol. The van der Waals surface area contributed by atoms with Crippen LogP contribution in [0.5, 0.6) is 11.5 Å². The fraction of sp³-hybridized carbons (Fsp3) is 0.176. The summed E-state index contributed by atoms with van der Waals surface area (Å²) in [7, 11) is 0. The summed E-state index contributed by atoms with van der Waals surface area (Å²) in [5, 5.41) is 3.75. The van der Waals surface area contributed by atoms with Crippen LogP contribution >= 0.6 is 11.6 Å². The lowest BCUT2D eigenvalue weighted by atomic mass is 10.1. The van der Waals surface area contributed by atoms with Crippen LogP contribution in [0.2, 0.25) is 5.02 Å². The van der Waals surface area contributed by atoms with Crippen molar-refractivity contribution >= 4 is 11.6 Å². The minimum Gasteiger partial charge on any atom is -0.457 e. The first-order chi connectivity index (χ1) is 11.5. The smallest absolute Gasteiger partial charge is 0.243 e. The zero-order valence-electron chi connectivity index (χ0n) is 12.9. The molecule has 1 heterocycles. The number of halogens is 2. The van der Waals surface area contributed by atoms with E-state index in [9.17, 15) is 4.39 Å². The second-order valence-electron chi connectivity index (χ2n) is 5.31. The number of hydrogen-bond acceptors (Lipinski definition) is 5. The molecule has 0 radical (unpaired) electrons. The Bertz CT molecular complexity index is 836. The predicted octanol–water partition coefficient (Wildman–Crippen LogP) is 4.21. The fourth-order valence-electron chi connectivity index (χ4n) is 2.17. The van der Waals surface area contributed by atoms with Gasteiger partial charge in [-0.1, -0.05) is 28.9 Å². The van der Waals surface area contributed by atoms with Gasteiger partial charge in [0.05, 0.1) is 11.1 Å². The van der Waals surface area contributed by atoms with Crippen molar-refractivity contribution < 1.29 is 13.7 Å². The van der Waals surface area contributed by atoms with E-state index in [1.165, 1.54) is 18.2 Å². The lowest BCUT2D eigenvalue weighted by Crippen LogP contribution is -2.13. The number of nitrogens with two attached hydrogens (primary N) is 1. The maximum atomic E-state index is 13.1. The van der Waals surface area contributed by atoms with E-state index in [1.54, 1.807) is 19.1 Å². The van der Waals surface area contributed by atoms with Crippen LogP contribution in [0.15, 0.2) is 47.0 Å². The number of benzene rings is 2. The zero-order chi connectivity index (χ0) is 17.1. The molecule has 2 aromatic carbocycles. The molecular weight excluding hydrogens is 333 g/mol. The average molecular weight is 348 g/mol. The van der Waals surface area contributed by atoms with E-state index < -0.39 is 5.82 Å². The van der Waals surface area contributed by atoms with Gasteiger partial charge < -0.3 is 15.0 Å². The first-order valence-electron chi connectivity index (χ1n) is 7.29. The van der Waals surface area contributed by atoms with E-state index in [4.69, 9.17) is 26.6 Å². The highest BCUT2D eigenvalue weighted by atomic mass is 35.5. The van der Waals surface area contributed by atoms with E-state index in [0.717, 1.165) is 5.56 Å². The lowest BCUT2D eigenvalue weighted by molar-refractivity contribution is 0.351. The molecule has 7 heteroatoms. The molecule has 1 atom stereocenters. The summed E-state index contributed by atoms with van der Waals surface area (Å²) in [5.74, 6) is 1.57. The number of hydrogen-bond donors (Lipinski definition) is 1. The summed E-state index contributed by atoms with van der Waals surface area (Å²) in [6.07, 6.45) is 0.560. The summed E-state index contributed by atoms with van der Waals surface area (Å²) in [4.78, 5) is 4.12. The third-order valence-corrected chi connectivity index (χ3v) is 3.66. The van der Waals surface area contributed by atoms with E-state index in [2.05, 4.69) is 10.1 Å². The number of aromatic nitrogens is 2. The Kier molecular flexibility index (Phi) is 4.78. The van der Waals surface area contributed by atoms with Crippen molar-refractivity contribution in [1.82, 2.24) is 10.1 Å². The van der Waals surface area contributed by atoms with Crippen LogP contribution in [0.1, 0.15) is 23.3 Å². The van der Waals surface area contributed by atoms with Gasteiger partial charge in [0.25, 0.3) is 0 Å². The van der Waals surface area contributed by atoms with Gasteiger partial charge >= 0.3 is 0 Å². The van der Waals surface area contributed by atoms with Crippen molar-refractivity contribution in [2.24, 2.45) is 5.73 Å². The van der Waals surface area contributed by atoms with Crippen molar-refractivity contribution in [3.63, 3.8) is 0 Å². The first-order valence-corrected chi connectivity index (χ1v) is 7.66. The van der Waals surface area contributed by atoms with Crippen LogP contribution in [0, 0.1) is 12.7 Å². The summed E-state index contributed by atoms with van der Waals surface area (Å²) < 4.78 is 23.8. The van der Waals surface area contributed by atoms with Gasteiger partial charge in [-0.25, -0.2) is 4.39 Å². The van der Waals surface area contributed by atoms with E-state index in [1.807, 2.05) is 12.1 Å². The largest absolute Gasteiger partial charge is 0.457 e. The molecule has 124 valence electrons. The van der Waals surface area contributed by atoms with Crippen LogP contribution in [0.4, 0.5) is 4.39 Å². The standard InChI is InChI=1S/C17H15ClFN3O2/c1-10-21-17(24-22-10)16(20)8-11-2-4-12(5-3-11)23-13-6-7-15(19)14(18)9-13/h2-7,9,16H,8,20H2,1H3/t16-/m1/s1. The lowest BCUT2D eigenvalue weighted by Gasteiger charge is -2.09. The van der Waals surface area contributed by atoms with E-state index in [-0.39, 0.29) is 11.1 Å². The van der Waals surface area contributed by atoms with Crippen molar-refractivity contribution in [2.75, 3.05) is 0 Å². The Balaban J connectivity index is 1.65. The Morgan fingerprint density at radius 2 is 1.92 bits per heavy atom. The molecule has 0 unspecified atom stereocenters. The van der Waals surface area contributed by atoms with Crippen molar-refractivity contribution in [3.05, 3.63) is 70.6 Å². The van der Waals surface area contributed by atoms with Gasteiger partial charge in [0.1, 0.15) is 17.3 Å². The number of aryl methyl sites for hydroxylation is 1. The molecule has 5 nitrogen and oxygen atoms in total. The van der Waals surface area contributed by atoms with E-state index in [0.29, 0.717) is 29.6 Å². The fourth-order valence-corrected chi connectivity index (χ4v) is 2.35. The molecule has 0 bridgehead atoms. The van der Waals surface area contributed by atoms with Gasteiger partial charge in [-0.2, -0.15) is 4.98 Å². The van der Waals surface area contributed by atoms with Crippen LogP contribution < -0.4 is 10.5 Å². The highest BCUT2D eigenvalue weighted by Crippen LogP contribution is 2.26. The molecule has 0 aliphatic heterocycles. The Labute approximate surface area is 143 Å². The maximum Gasteiger partial charge on any atom is 0.243 e. The van der Waals surface area contributed by atoms with Gasteiger partial charge in [0.15, 0.2) is 5.82 Å². The van der Waals surface area contributed by atoms with Crippen molar-refractivity contribution in [1.29, 1.82) is 0 Å². The van der Waals surface area contributed by atoms with Crippen molar-refractivity contribution in [3.8, 4) is 11.5 Å². The molecule has 0 saturated heterocycles. The molecule has 1 aromatic heterocycles. The second-order valence-corrected chi connectivity index (χ2v) is 5.72. The molecule has 2 N–H and O–H groups in total. The molecule has 0 saturated carbocycles. The van der Waals surface area contributed by atoms with Gasteiger partial charge in [-0.05, 0) is 43.2 Å². The Morgan fingerprint density at radius 3 is 2.54 bits per heavy atom. The van der Waals surface area contributed by atoms with Gasteiger partial charge in [-0.3, -0.25) is 0 Å². The summed E-state index contributed by atoms with van der Waals surface area (Å²) in [6.45, 7) is 1.74. The highest BCUT2D eigenvalue weighted by molar-refractivity contribution is 6.30. The Morgan fingerprint density at radius 1 is 1.21 bits per heavy atom. The average Bonchev–Trinajstić information content (AvgIpc) is 2.99. The minimum atomic E-state index is -0.482. The van der Waals surface area contributed by atoms with Crippen LogP contribution in [0.3, 0.4) is 0 Å². The quantitative estimate of drug-likeness (QED) is 0.748. The number of rotatable bonds is 5. The zero-order valence-corrected chi connectivity index (χ0v) is 13.6. The highest BCUT2D eigenvalue weighted by Gasteiger charge is 2.14. The molecule has 24 heavy (non-hydrogen) atoms. The Hall–Kier alpha value is -2.44. The number of nitrogens with zero attached hydrogens (tertiary/aromatic N) is 2. The normalized spacial score (nSPS) is 12.2. The van der Waals surface area contributed by atoms with Crippen LogP contribution in [-0.4, -0.2) is 10.1 Å². The second kappa shape index (κ2) is 6.98. The van der Waals surface area contributed by atoms with Gasteiger partial charge in [-0.15, -0.1) is 0 Å². The first kappa shape index (κ1) is 16.4. The van der Waals surface area contributed by atoms with Gasteiger partial charge in [0.2, 0.25) is 5.89 Å². The SMILES string of the molecule is Cc1noc([C@H](N)Cc2ccc(Oc3ccc(F)c(Cl)c3)cc2)n1.